The highest BCUT2D eigenvalue weighted by Gasteiger charge is 2.07. The van der Waals surface area contributed by atoms with Crippen molar-refractivity contribution < 1.29 is 17.9 Å². The molecule has 2 aromatic carbocycles. The van der Waals surface area contributed by atoms with Crippen molar-refractivity contribution in [2.45, 2.75) is 6.92 Å². The van der Waals surface area contributed by atoms with Crippen LogP contribution in [0.3, 0.4) is 0 Å². The molecule has 0 saturated heterocycles. The lowest BCUT2D eigenvalue weighted by atomic mass is 10.3. The van der Waals surface area contributed by atoms with Crippen molar-refractivity contribution >= 4 is 26.8 Å². The normalized spacial score (nSPS) is 9.76. The lowest BCUT2D eigenvalue weighted by Gasteiger charge is -2.07. The van der Waals surface area contributed by atoms with Crippen LogP contribution in [0.2, 0.25) is 0 Å². The fourth-order valence-corrected chi connectivity index (χ4v) is 1.73. The van der Waals surface area contributed by atoms with Crippen LogP contribution >= 0.6 is 0 Å². The molecule has 0 unspecified atom stereocenters. The number of carbonyl (C=O) groups excluding carboxylic acids is 1. The van der Waals surface area contributed by atoms with Gasteiger partial charge in [-0.05, 0) is 43.3 Å². The molecule has 21 heavy (non-hydrogen) atoms. The maximum absolute atomic E-state index is 11.6. The summed E-state index contributed by atoms with van der Waals surface area (Å²) in [5.41, 5.74) is 0.491. The van der Waals surface area contributed by atoms with Crippen molar-refractivity contribution in [1.82, 2.24) is 0 Å². The molecule has 0 aliphatic rings. The third-order valence-corrected chi connectivity index (χ3v) is 3.35. The number of para-hydroxylation sites is 1. The average molecular weight is 303 g/mol. The van der Waals surface area contributed by atoms with Gasteiger partial charge in [-0.2, -0.15) is 8.42 Å². The molecule has 0 aliphatic carbocycles. The summed E-state index contributed by atoms with van der Waals surface area (Å²) in [7, 11) is -2.52. The first kappa shape index (κ1) is 14.8. The summed E-state index contributed by atoms with van der Waals surface area (Å²) in [4.78, 5) is 11.3. The molecule has 0 atom stereocenters. The van der Waals surface area contributed by atoms with E-state index in [1.165, 1.54) is 6.92 Å². The third kappa shape index (κ3) is 4.19. The molecule has 0 radical (unpaired) electrons. The first-order valence-corrected chi connectivity index (χ1v) is 7.21. The van der Waals surface area contributed by atoms with Crippen molar-refractivity contribution in [2.75, 3.05) is 5.32 Å². The molecule has 0 aliphatic heterocycles. The topological polar surface area (TPSA) is 72.5 Å². The molecule has 1 N–H and O–H groups in total. The Hall–Kier alpha value is -2.60. The van der Waals surface area contributed by atoms with E-state index >= 15 is 0 Å². The van der Waals surface area contributed by atoms with Crippen molar-refractivity contribution in [2.24, 2.45) is 0 Å². The zero-order valence-corrected chi connectivity index (χ0v) is 12.1. The molecular weight excluding hydrogens is 290 g/mol. The highest BCUT2D eigenvalue weighted by Crippen LogP contribution is 2.22. The van der Waals surface area contributed by atoms with Gasteiger partial charge in [0, 0.05) is 5.69 Å². The van der Waals surface area contributed by atoms with E-state index in [9.17, 15) is 13.2 Å². The summed E-state index contributed by atoms with van der Waals surface area (Å²) in [6.07, 6.45) is 0. The number of amides is 1. The van der Waals surface area contributed by atoms with Crippen LogP contribution < -0.4 is 10.1 Å². The Balaban J connectivity index is 2.06. The van der Waals surface area contributed by atoms with E-state index in [1.54, 1.807) is 24.3 Å². The summed E-state index contributed by atoms with van der Waals surface area (Å²) in [5.74, 6) is 0.674. The van der Waals surface area contributed by atoms with E-state index in [1.807, 2.05) is 30.3 Å². The minimum Gasteiger partial charge on any atom is -0.457 e. The summed E-state index contributed by atoms with van der Waals surface area (Å²) >= 11 is 0. The first-order valence-electron chi connectivity index (χ1n) is 6.13. The van der Waals surface area contributed by atoms with Crippen LogP contribution in [0.4, 0.5) is 5.69 Å². The molecule has 0 aromatic heterocycles. The Morgan fingerprint density at radius 2 is 1.52 bits per heavy atom. The number of benzene rings is 2. The third-order valence-electron chi connectivity index (χ3n) is 2.66. The second-order valence-electron chi connectivity index (χ2n) is 4.18. The zero-order valence-electron chi connectivity index (χ0n) is 11.2. The lowest BCUT2D eigenvalue weighted by molar-refractivity contribution is -0.110. The van der Waals surface area contributed by atoms with Gasteiger partial charge in [0.15, 0.2) is 0 Å². The molecule has 2 rings (SSSR count). The van der Waals surface area contributed by atoms with Crippen LogP contribution in [0.1, 0.15) is 6.92 Å². The van der Waals surface area contributed by atoms with E-state index < -0.39 is 16.2 Å². The Kier molecular flexibility index (Phi) is 4.73. The molecular formula is C15H13NO4S. The van der Waals surface area contributed by atoms with Gasteiger partial charge in [-0.15, -0.1) is 0 Å². The van der Waals surface area contributed by atoms with Gasteiger partial charge in [-0.1, -0.05) is 18.2 Å². The summed E-state index contributed by atoms with van der Waals surface area (Å²) in [6, 6.07) is 15.9. The smallest absolute Gasteiger partial charge is 0.266 e. The van der Waals surface area contributed by atoms with Gasteiger partial charge in [0.25, 0.3) is 5.91 Å². The number of nitrogens with one attached hydrogen (secondary N) is 1. The number of anilines is 1. The minimum atomic E-state index is -2.52. The van der Waals surface area contributed by atoms with Gasteiger partial charge in [0.2, 0.25) is 10.3 Å². The molecule has 108 valence electrons. The standard InChI is InChI=1S/C15H13NO4S/c1-11(21(18)19)15(17)16-12-7-9-14(10-8-12)20-13-5-3-2-4-6-13/h2-10H,1H3,(H,16,17). The molecule has 0 saturated carbocycles. The van der Waals surface area contributed by atoms with E-state index in [4.69, 9.17) is 4.74 Å². The van der Waals surface area contributed by atoms with Gasteiger partial charge in [0.1, 0.15) is 16.4 Å². The average Bonchev–Trinajstić information content (AvgIpc) is 2.49. The van der Waals surface area contributed by atoms with Gasteiger partial charge in [-0.25, -0.2) is 0 Å². The van der Waals surface area contributed by atoms with Crippen molar-refractivity contribution in [3.05, 3.63) is 54.6 Å². The van der Waals surface area contributed by atoms with Gasteiger partial charge >= 0.3 is 0 Å². The Labute approximate surface area is 123 Å². The maximum Gasteiger partial charge on any atom is 0.266 e. The van der Waals surface area contributed by atoms with Crippen molar-refractivity contribution in [3.63, 3.8) is 0 Å². The number of ether oxygens (including phenoxy) is 1. The number of hydrogen-bond donors (Lipinski definition) is 1. The van der Waals surface area contributed by atoms with Gasteiger partial charge in [0.05, 0.1) is 0 Å². The number of carbonyl (C=O) groups is 1. The molecule has 5 nitrogen and oxygen atoms in total. The molecule has 0 heterocycles. The number of hydrogen-bond acceptors (Lipinski definition) is 4. The fraction of sp³-hybridized carbons (Fsp3) is 0.0667. The van der Waals surface area contributed by atoms with Crippen LogP contribution in [-0.2, 0) is 15.1 Å². The van der Waals surface area contributed by atoms with Gasteiger partial charge < -0.3 is 10.1 Å². The molecule has 0 spiro atoms. The molecule has 1 amide bonds. The maximum atomic E-state index is 11.6. The highest BCUT2D eigenvalue weighted by atomic mass is 32.2. The zero-order chi connectivity index (χ0) is 15.2. The van der Waals surface area contributed by atoms with Crippen LogP contribution in [0, 0.1) is 0 Å². The summed E-state index contributed by atoms with van der Waals surface area (Å²) in [6.45, 7) is 1.24. The van der Waals surface area contributed by atoms with Crippen molar-refractivity contribution in [1.29, 1.82) is 0 Å². The molecule has 2 aromatic rings. The number of rotatable bonds is 4. The van der Waals surface area contributed by atoms with Crippen LogP contribution in [0.5, 0.6) is 11.5 Å². The van der Waals surface area contributed by atoms with Crippen molar-refractivity contribution in [3.8, 4) is 11.5 Å². The minimum absolute atomic E-state index is 0.264. The van der Waals surface area contributed by atoms with Crippen LogP contribution in [-0.4, -0.2) is 19.2 Å². The van der Waals surface area contributed by atoms with Crippen LogP contribution in [0.25, 0.3) is 0 Å². The van der Waals surface area contributed by atoms with Crippen LogP contribution in [0.15, 0.2) is 54.6 Å². The Morgan fingerprint density at radius 3 is 2.10 bits per heavy atom. The SMILES string of the molecule is CC(C(=O)Nc1ccc(Oc2ccccc2)cc1)=S(=O)=O. The molecule has 0 fully saturated rings. The quantitative estimate of drug-likeness (QED) is 0.881. The summed E-state index contributed by atoms with van der Waals surface area (Å²) in [5, 5.41) is 2.49. The first-order chi connectivity index (χ1) is 10.1. The fourth-order valence-electron chi connectivity index (χ4n) is 1.53. The second-order valence-corrected chi connectivity index (χ2v) is 5.27. The highest BCUT2D eigenvalue weighted by molar-refractivity contribution is 7.74. The monoisotopic (exact) mass is 303 g/mol. The lowest BCUT2D eigenvalue weighted by Crippen LogP contribution is -2.20. The predicted octanol–water partition coefficient (Wildman–Crippen LogP) is 2.49. The molecule has 6 heteroatoms. The van der Waals surface area contributed by atoms with E-state index in [2.05, 4.69) is 5.32 Å². The summed E-state index contributed by atoms with van der Waals surface area (Å²) < 4.78 is 26.9. The van der Waals surface area contributed by atoms with E-state index in [0.29, 0.717) is 17.2 Å². The molecule has 0 bridgehead atoms. The van der Waals surface area contributed by atoms with Gasteiger partial charge in [-0.3, -0.25) is 4.79 Å². The van der Waals surface area contributed by atoms with E-state index in [-0.39, 0.29) is 4.86 Å². The predicted molar refractivity (Wildman–Crippen MR) is 81.2 cm³/mol. The Bertz CT molecular complexity index is 757. The largest absolute Gasteiger partial charge is 0.457 e. The Morgan fingerprint density at radius 1 is 0.952 bits per heavy atom. The second kappa shape index (κ2) is 6.71. The van der Waals surface area contributed by atoms with E-state index in [0.717, 1.165) is 0 Å².